The summed E-state index contributed by atoms with van der Waals surface area (Å²) in [7, 11) is 0. The number of carbonyl (C=O) groups excluding carboxylic acids is 2. The zero-order valence-corrected chi connectivity index (χ0v) is 15.9. The van der Waals surface area contributed by atoms with Gasteiger partial charge in [-0.2, -0.15) is 0 Å². The van der Waals surface area contributed by atoms with E-state index in [4.69, 9.17) is 21.1 Å². The molecule has 0 radical (unpaired) electrons. The number of ketones is 1. The quantitative estimate of drug-likeness (QED) is 0.702. The fourth-order valence-corrected chi connectivity index (χ4v) is 3.07. The Balaban J connectivity index is 1.67. The second-order valence-electron chi connectivity index (χ2n) is 6.25. The Morgan fingerprint density at radius 2 is 1.81 bits per heavy atom. The summed E-state index contributed by atoms with van der Waals surface area (Å²) in [5, 5.41) is 6.69. The van der Waals surface area contributed by atoms with E-state index in [2.05, 4.69) is 10.6 Å². The lowest BCUT2D eigenvalue weighted by Crippen LogP contribution is -2.31. The molecule has 142 valence electrons. The van der Waals surface area contributed by atoms with Gasteiger partial charge in [0.2, 0.25) is 12.7 Å². The standard InChI is InChI=1S/C20H21ClN2O4/c1-3-16(13-4-6-14(21)7-5-13)22-10-20(25)23-17-9-19-18(26-11-27-19)8-15(17)12(2)24/h4-9,16,22H,3,10-11H2,1-2H3,(H,23,25)/t16-/m0/s1. The van der Waals surface area contributed by atoms with Crippen molar-refractivity contribution in [1.29, 1.82) is 0 Å². The molecule has 7 heteroatoms. The second-order valence-corrected chi connectivity index (χ2v) is 6.69. The van der Waals surface area contributed by atoms with Gasteiger partial charge in [0.25, 0.3) is 0 Å². The lowest BCUT2D eigenvalue weighted by atomic mass is 10.0. The molecule has 0 saturated heterocycles. The first-order valence-electron chi connectivity index (χ1n) is 8.71. The molecule has 6 nitrogen and oxygen atoms in total. The van der Waals surface area contributed by atoms with Crippen LogP contribution in [-0.2, 0) is 4.79 Å². The van der Waals surface area contributed by atoms with E-state index in [1.54, 1.807) is 12.1 Å². The van der Waals surface area contributed by atoms with Gasteiger partial charge in [-0.3, -0.25) is 9.59 Å². The summed E-state index contributed by atoms with van der Waals surface area (Å²) in [6.45, 7) is 3.69. The lowest BCUT2D eigenvalue weighted by Gasteiger charge is -2.18. The van der Waals surface area contributed by atoms with Crippen molar-refractivity contribution in [2.75, 3.05) is 18.7 Å². The number of halogens is 1. The highest BCUT2D eigenvalue weighted by Gasteiger charge is 2.20. The maximum Gasteiger partial charge on any atom is 0.238 e. The summed E-state index contributed by atoms with van der Waals surface area (Å²) in [4.78, 5) is 24.3. The normalized spacial score (nSPS) is 13.3. The summed E-state index contributed by atoms with van der Waals surface area (Å²) in [6, 6.07) is 10.8. The molecular formula is C20H21ClN2O4. The molecule has 1 heterocycles. The number of ether oxygens (including phenoxy) is 2. The molecule has 3 rings (SSSR count). The van der Waals surface area contributed by atoms with Crippen molar-refractivity contribution in [3.8, 4) is 11.5 Å². The molecule has 2 aromatic rings. The molecule has 2 N–H and O–H groups in total. The summed E-state index contributed by atoms with van der Waals surface area (Å²) >= 11 is 5.93. The Morgan fingerprint density at radius 1 is 1.15 bits per heavy atom. The minimum atomic E-state index is -0.247. The zero-order valence-electron chi connectivity index (χ0n) is 15.2. The third-order valence-electron chi connectivity index (χ3n) is 4.36. The van der Waals surface area contributed by atoms with Gasteiger partial charge in [-0.15, -0.1) is 0 Å². The van der Waals surface area contributed by atoms with Crippen LogP contribution < -0.4 is 20.1 Å². The van der Waals surface area contributed by atoms with Crippen LogP contribution in [0.25, 0.3) is 0 Å². The van der Waals surface area contributed by atoms with Gasteiger partial charge in [-0.25, -0.2) is 0 Å². The summed E-state index contributed by atoms with van der Waals surface area (Å²) in [6.07, 6.45) is 0.817. The van der Waals surface area contributed by atoms with Gasteiger partial charge >= 0.3 is 0 Å². The van der Waals surface area contributed by atoms with E-state index in [-0.39, 0.29) is 31.1 Å². The predicted molar refractivity (Wildman–Crippen MR) is 104 cm³/mol. The van der Waals surface area contributed by atoms with Gasteiger partial charge < -0.3 is 20.1 Å². The molecule has 0 fully saturated rings. The first kappa shape index (κ1) is 19.2. The monoisotopic (exact) mass is 388 g/mol. The first-order chi connectivity index (χ1) is 13.0. The number of benzene rings is 2. The molecule has 0 aliphatic carbocycles. The molecule has 1 aliphatic rings. The van der Waals surface area contributed by atoms with E-state index in [9.17, 15) is 9.59 Å². The molecule has 0 bridgehead atoms. The van der Waals surface area contributed by atoms with Gasteiger partial charge in [-0.05, 0) is 37.1 Å². The van der Waals surface area contributed by atoms with Crippen LogP contribution in [0.2, 0.25) is 5.02 Å². The van der Waals surface area contributed by atoms with Crippen LogP contribution in [0.5, 0.6) is 11.5 Å². The molecule has 0 aromatic heterocycles. The number of nitrogens with one attached hydrogen (secondary N) is 2. The Kier molecular flexibility index (Phi) is 5.98. The average molecular weight is 389 g/mol. The number of amides is 1. The Morgan fingerprint density at radius 3 is 2.44 bits per heavy atom. The molecule has 0 saturated carbocycles. The van der Waals surface area contributed by atoms with E-state index in [0.717, 1.165) is 12.0 Å². The first-order valence-corrected chi connectivity index (χ1v) is 9.09. The lowest BCUT2D eigenvalue weighted by molar-refractivity contribution is -0.115. The summed E-state index contributed by atoms with van der Waals surface area (Å²) in [5.41, 5.74) is 1.86. The van der Waals surface area contributed by atoms with Crippen LogP contribution in [0, 0.1) is 0 Å². The van der Waals surface area contributed by atoms with Crippen LogP contribution in [0.1, 0.15) is 42.2 Å². The minimum absolute atomic E-state index is 0.0250. The van der Waals surface area contributed by atoms with Crippen molar-refractivity contribution in [1.82, 2.24) is 5.32 Å². The van der Waals surface area contributed by atoms with E-state index in [1.165, 1.54) is 6.92 Å². The molecular weight excluding hydrogens is 368 g/mol. The molecule has 27 heavy (non-hydrogen) atoms. The highest BCUT2D eigenvalue weighted by molar-refractivity contribution is 6.30. The smallest absolute Gasteiger partial charge is 0.238 e. The third kappa shape index (κ3) is 4.59. The van der Waals surface area contributed by atoms with Crippen molar-refractivity contribution in [2.24, 2.45) is 0 Å². The zero-order chi connectivity index (χ0) is 19.4. The number of fused-ring (bicyclic) bond motifs is 1. The van der Waals surface area contributed by atoms with Crippen LogP contribution in [0.4, 0.5) is 5.69 Å². The van der Waals surface area contributed by atoms with Crippen LogP contribution >= 0.6 is 11.6 Å². The predicted octanol–water partition coefficient (Wildman–Crippen LogP) is 3.95. The number of rotatable bonds is 7. The summed E-state index contributed by atoms with van der Waals surface area (Å²) in [5.74, 6) is 0.605. The molecule has 0 spiro atoms. The number of carbonyl (C=O) groups is 2. The molecule has 0 unspecified atom stereocenters. The van der Waals surface area contributed by atoms with Crippen molar-refractivity contribution in [2.45, 2.75) is 26.3 Å². The Labute approximate surface area is 162 Å². The van der Waals surface area contributed by atoms with Crippen molar-refractivity contribution in [3.63, 3.8) is 0 Å². The van der Waals surface area contributed by atoms with Crippen molar-refractivity contribution in [3.05, 3.63) is 52.5 Å². The van der Waals surface area contributed by atoms with Crippen LogP contribution in [0.3, 0.4) is 0 Å². The highest BCUT2D eigenvalue weighted by Crippen LogP contribution is 2.37. The van der Waals surface area contributed by atoms with Crippen LogP contribution in [-0.4, -0.2) is 25.0 Å². The number of hydrogen-bond acceptors (Lipinski definition) is 5. The van der Waals surface area contributed by atoms with E-state index in [0.29, 0.717) is 27.8 Å². The Bertz CT molecular complexity index is 852. The largest absolute Gasteiger partial charge is 0.454 e. The maximum atomic E-state index is 12.4. The van der Waals surface area contributed by atoms with Gasteiger partial charge in [-0.1, -0.05) is 30.7 Å². The SMILES string of the molecule is CC[C@H](NCC(=O)Nc1cc2c(cc1C(C)=O)OCO2)c1ccc(Cl)cc1. The van der Waals surface area contributed by atoms with Crippen molar-refractivity contribution >= 4 is 29.0 Å². The van der Waals surface area contributed by atoms with Gasteiger partial charge in [0.1, 0.15) is 0 Å². The number of anilines is 1. The van der Waals surface area contributed by atoms with E-state index < -0.39 is 0 Å². The van der Waals surface area contributed by atoms with E-state index in [1.807, 2.05) is 31.2 Å². The fraction of sp³-hybridized carbons (Fsp3) is 0.300. The summed E-state index contributed by atoms with van der Waals surface area (Å²) < 4.78 is 10.6. The minimum Gasteiger partial charge on any atom is -0.454 e. The molecule has 2 aromatic carbocycles. The van der Waals surface area contributed by atoms with Crippen molar-refractivity contribution < 1.29 is 19.1 Å². The number of hydrogen-bond donors (Lipinski definition) is 2. The van der Waals surface area contributed by atoms with Gasteiger partial charge in [0.05, 0.1) is 12.2 Å². The average Bonchev–Trinajstić information content (AvgIpc) is 3.10. The molecule has 1 amide bonds. The number of Topliss-reactive ketones (excluding diaryl/α,β-unsaturated/α-hetero) is 1. The molecule has 1 aliphatic heterocycles. The van der Waals surface area contributed by atoms with Crippen LogP contribution in [0.15, 0.2) is 36.4 Å². The Hall–Kier alpha value is -2.57. The second kappa shape index (κ2) is 8.41. The molecule has 1 atom stereocenters. The van der Waals surface area contributed by atoms with Gasteiger partial charge in [0, 0.05) is 22.7 Å². The maximum absolute atomic E-state index is 12.4. The topological polar surface area (TPSA) is 76.7 Å². The van der Waals surface area contributed by atoms with Gasteiger partial charge in [0.15, 0.2) is 17.3 Å². The fourth-order valence-electron chi connectivity index (χ4n) is 2.94. The highest BCUT2D eigenvalue weighted by atomic mass is 35.5. The third-order valence-corrected chi connectivity index (χ3v) is 4.61. The van der Waals surface area contributed by atoms with E-state index >= 15 is 0 Å².